The largest absolute Gasteiger partial charge is 0.381 e. The van der Waals surface area contributed by atoms with Gasteiger partial charge in [-0.1, -0.05) is 0 Å². The van der Waals surface area contributed by atoms with E-state index in [2.05, 4.69) is 26.1 Å². The molecule has 0 aromatic heterocycles. The van der Waals surface area contributed by atoms with Crippen LogP contribution in [-0.4, -0.2) is 38.0 Å². The fraction of sp³-hybridized carbons (Fsp3) is 1.00. The molecule has 0 aliphatic carbocycles. The molecule has 0 saturated carbocycles. The van der Waals surface area contributed by atoms with Crippen molar-refractivity contribution in [3.8, 4) is 0 Å². The lowest BCUT2D eigenvalue weighted by Crippen LogP contribution is -2.43. The molecule has 0 bridgehead atoms. The van der Waals surface area contributed by atoms with Crippen molar-refractivity contribution in [2.24, 2.45) is 11.8 Å². The molecule has 3 nitrogen and oxygen atoms in total. The van der Waals surface area contributed by atoms with Crippen LogP contribution in [0.4, 0.5) is 0 Å². The summed E-state index contributed by atoms with van der Waals surface area (Å²) in [4.78, 5) is 0. The summed E-state index contributed by atoms with van der Waals surface area (Å²) >= 11 is 0. The summed E-state index contributed by atoms with van der Waals surface area (Å²) < 4.78 is 11.4. The molecule has 2 rings (SSSR count). The van der Waals surface area contributed by atoms with Crippen molar-refractivity contribution in [1.29, 1.82) is 0 Å². The topological polar surface area (TPSA) is 30.5 Å². The molecular weight excluding hydrogens is 214 g/mol. The van der Waals surface area contributed by atoms with Gasteiger partial charge in [-0.15, -0.1) is 0 Å². The smallest absolute Gasteiger partial charge is 0.0646 e. The van der Waals surface area contributed by atoms with Crippen molar-refractivity contribution < 1.29 is 9.47 Å². The molecule has 2 heterocycles. The van der Waals surface area contributed by atoms with E-state index in [0.717, 1.165) is 32.3 Å². The van der Waals surface area contributed by atoms with Crippen molar-refractivity contribution >= 4 is 0 Å². The predicted octanol–water partition coefficient (Wildman–Crippen LogP) is 2.21. The molecule has 2 fully saturated rings. The first-order valence-electron chi connectivity index (χ1n) is 7.00. The highest BCUT2D eigenvalue weighted by Crippen LogP contribution is 2.32. The Bertz CT molecular complexity index is 231. The third-order valence-electron chi connectivity index (χ3n) is 3.89. The Balaban J connectivity index is 1.83. The summed E-state index contributed by atoms with van der Waals surface area (Å²) in [6, 6.07) is 0. The Hall–Kier alpha value is -0.120. The van der Waals surface area contributed by atoms with Crippen LogP contribution in [0.5, 0.6) is 0 Å². The van der Waals surface area contributed by atoms with Gasteiger partial charge in [0.25, 0.3) is 0 Å². The third kappa shape index (κ3) is 3.94. The zero-order valence-electron chi connectivity index (χ0n) is 11.5. The first-order chi connectivity index (χ1) is 8.06. The molecular formula is C14H27NO2. The minimum atomic E-state index is 0.211. The Morgan fingerprint density at radius 2 is 1.76 bits per heavy atom. The van der Waals surface area contributed by atoms with Gasteiger partial charge in [0.1, 0.15) is 0 Å². The normalized spacial score (nSPS) is 31.9. The molecule has 2 aliphatic heterocycles. The monoisotopic (exact) mass is 241 g/mol. The molecule has 1 N–H and O–H groups in total. The van der Waals surface area contributed by atoms with Gasteiger partial charge in [-0.25, -0.2) is 0 Å². The lowest BCUT2D eigenvalue weighted by atomic mass is 9.85. The van der Waals surface area contributed by atoms with E-state index in [1.165, 1.54) is 19.3 Å². The zero-order valence-corrected chi connectivity index (χ0v) is 11.5. The molecule has 2 saturated heterocycles. The standard InChI is InChI=1S/C14H27NO2/c1-14(2,3)15-10-12-6-9-17-13(12)11-4-7-16-8-5-11/h11-13,15H,4-10H2,1-3H3. The Morgan fingerprint density at radius 3 is 2.41 bits per heavy atom. The number of hydrogen-bond acceptors (Lipinski definition) is 3. The maximum atomic E-state index is 5.97. The summed E-state index contributed by atoms with van der Waals surface area (Å²) in [5, 5.41) is 3.62. The van der Waals surface area contributed by atoms with E-state index >= 15 is 0 Å². The second-order valence-corrected chi connectivity index (χ2v) is 6.46. The van der Waals surface area contributed by atoms with Crippen molar-refractivity contribution in [2.75, 3.05) is 26.4 Å². The van der Waals surface area contributed by atoms with E-state index in [4.69, 9.17) is 9.47 Å². The highest BCUT2D eigenvalue weighted by Gasteiger charge is 2.35. The van der Waals surface area contributed by atoms with Crippen molar-refractivity contribution in [3.63, 3.8) is 0 Å². The van der Waals surface area contributed by atoms with Gasteiger partial charge in [-0.2, -0.15) is 0 Å². The molecule has 0 radical (unpaired) electrons. The fourth-order valence-electron chi connectivity index (χ4n) is 2.88. The zero-order chi connectivity index (χ0) is 12.3. The number of ether oxygens (including phenoxy) is 2. The molecule has 2 unspecified atom stereocenters. The van der Waals surface area contributed by atoms with Crippen LogP contribution in [0.2, 0.25) is 0 Å². The molecule has 2 atom stereocenters. The molecule has 0 aromatic rings. The molecule has 0 aromatic carbocycles. The molecule has 0 spiro atoms. The summed E-state index contributed by atoms with van der Waals surface area (Å²) in [5.41, 5.74) is 0.211. The second-order valence-electron chi connectivity index (χ2n) is 6.46. The summed E-state index contributed by atoms with van der Waals surface area (Å²) in [6.07, 6.45) is 4.03. The molecule has 2 aliphatic rings. The maximum Gasteiger partial charge on any atom is 0.0646 e. The molecule has 3 heteroatoms. The third-order valence-corrected chi connectivity index (χ3v) is 3.89. The fourth-order valence-corrected chi connectivity index (χ4v) is 2.88. The van der Waals surface area contributed by atoms with Crippen LogP contribution < -0.4 is 5.32 Å². The van der Waals surface area contributed by atoms with Gasteiger partial charge >= 0.3 is 0 Å². The first-order valence-corrected chi connectivity index (χ1v) is 7.00. The van der Waals surface area contributed by atoms with Gasteiger partial charge in [0.2, 0.25) is 0 Å². The Labute approximate surface area is 105 Å². The Morgan fingerprint density at radius 1 is 1.06 bits per heavy atom. The van der Waals surface area contributed by atoms with Gasteiger partial charge in [-0.3, -0.25) is 0 Å². The lowest BCUT2D eigenvalue weighted by Gasteiger charge is -2.32. The molecule has 0 amide bonds. The summed E-state index contributed by atoms with van der Waals surface area (Å²) in [7, 11) is 0. The highest BCUT2D eigenvalue weighted by molar-refractivity contribution is 4.86. The average molecular weight is 241 g/mol. The molecule has 100 valence electrons. The average Bonchev–Trinajstić information content (AvgIpc) is 2.75. The summed E-state index contributed by atoms with van der Waals surface area (Å²) in [6.45, 7) is 10.6. The highest BCUT2D eigenvalue weighted by atomic mass is 16.5. The Kier molecular flexibility index (Phi) is 4.45. The van der Waals surface area contributed by atoms with Crippen LogP contribution in [-0.2, 0) is 9.47 Å². The van der Waals surface area contributed by atoms with Crippen LogP contribution >= 0.6 is 0 Å². The number of hydrogen-bond donors (Lipinski definition) is 1. The van der Waals surface area contributed by atoms with E-state index in [1.54, 1.807) is 0 Å². The van der Waals surface area contributed by atoms with Gasteiger partial charge in [0, 0.05) is 37.8 Å². The van der Waals surface area contributed by atoms with Crippen LogP contribution in [0.15, 0.2) is 0 Å². The second kappa shape index (κ2) is 5.68. The van der Waals surface area contributed by atoms with E-state index < -0.39 is 0 Å². The van der Waals surface area contributed by atoms with Crippen LogP contribution in [0.3, 0.4) is 0 Å². The van der Waals surface area contributed by atoms with E-state index in [9.17, 15) is 0 Å². The van der Waals surface area contributed by atoms with Gasteiger partial charge in [-0.05, 0) is 46.0 Å². The maximum absolute atomic E-state index is 5.97. The minimum Gasteiger partial charge on any atom is -0.381 e. The van der Waals surface area contributed by atoms with Gasteiger partial charge in [0.15, 0.2) is 0 Å². The lowest BCUT2D eigenvalue weighted by molar-refractivity contribution is -0.0192. The predicted molar refractivity (Wildman–Crippen MR) is 69.1 cm³/mol. The van der Waals surface area contributed by atoms with Crippen LogP contribution in [0.25, 0.3) is 0 Å². The summed E-state index contributed by atoms with van der Waals surface area (Å²) in [5.74, 6) is 1.41. The SMILES string of the molecule is CC(C)(C)NCC1CCOC1C1CCOCC1. The van der Waals surface area contributed by atoms with Crippen molar-refractivity contribution in [1.82, 2.24) is 5.32 Å². The van der Waals surface area contributed by atoms with Crippen LogP contribution in [0.1, 0.15) is 40.0 Å². The minimum absolute atomic E-state index is 0.211. The van der Waals surface area contributed by atoms with Gasteiger partial charge < -0.3 is 14.8 Å². The first kappa shape index (κ1) is 13.3. The van der Waals surface area contributed by atoms with E-state index in [1.807, 2.05) is 0 Å². The van der Waals surface area contributed by atoms with E-state index in [0.29, 0.717) is 12.0 Å². The van der Waals surface area contributed by atoms with Crippen molar-refractivity contribution in [3.05, 3.63) is 0 Å². The van der Waals surface area contributed by atoms with Crippen molar-refractivity contribution in [2.45, 2.75) is 51.7 Å². The molecule has 17 heavy (non-hydrogen) atoms. The van der Waals surface area contributed by atoms with E-state index in [-0.39, 0.29) is 5.54 Å². The number of rotatable bonds is 3. The quantitative estimate of drug-likeness (QED) is 0.822. The van der Waals surface area contributed by atoms with Crippen LogP contribution in [0, 0.1) is 11.8 Å². The number of nitrogens with one attached hydrogen (secondary N) is 1. The van der Waals surface area contributed by atoms with Gasteiger partial charge in [0.05, 0.1) is 6.10 Å².